The van der Waals surface area contributed by atoms with Gasteiger partial charge in [-0.1, -0.05) is 24.3 Å². The Labute approximate surface area is 153 Å². The average Bonchev–Trinajstić information content (AvgIpc) is 3.21. The van der Waals surface area contributed by atoms with Crippen LogP contribution in [0, 0.1) is 0 Å². The molecule has 4 rings (SSSR count). The molecule has 1 aliphatic rings. The van der Waals surface area contributed by atoms with Gasteiger partial charge in [0.15, 0.2) is 5.58 Å². The Bertz CT molecular complexity index is 1010. The highest BCUT2D eigenvalue weighted by Gasteiger charge is 2.34. The number of hydrogen-bond donors (Lipinski definition) is 0. The van der Waals surface area contributed by atoms with E-state index in [4.69, 9.17) is 9.15 Å². The molecule has 2 amide bonds. The maximum absolute atomic E-state index is 12.2. The maximum Gasteiger partial charge on any atom is 0.331 e. The molecule has 7 heteroatoms. The molecule has 0 unspecified atom stereocenters. The lowest BCUT2D eigenvalue weighted by Gasteiger charge is -2.13. The first-order valence-electron chi connectivity index (χ1n) is 8.29. The number of amides is 2. The number of para-hydroxylation sites is 2. The van der Waals surface area contributed by atoms with Gasteiger partial charge in [0.05, 0.1) is 17.7 Å². The first kappa shape index (κ1) is 16.7. The highest BCUT2D eigenvalue weighted by atomic mass is 16.5. The van der Waals surface area contributed by atoms with Crippen molar-refractivity contribution in [1.29, 1.82) is 0 Å². The molecule has 0 saturated heterocycles. The molecular weight excluding hydrogens is 348 g/mol. The second-order valence-electron chi connectivity index (χ2n) is 5.83. The van der Waals surface area contributed by atoms with Crippen molar-refractivity contribution < 1.29 is 23.5 Å². The van der Waals surface area contributed by atoms with Crippen LogP contribution >= 0.6 is 0 Å². The Morgan fingerprint density at radius 2 is 1.70 bits per heavy atom. The van der Waals surface area contributed by atoms with Gasteiger partial charge in [0, 0.05) is 12.2 Å². The minimum atomic E-state index is -0.617. The monoisotopic (exact) mass is 362 g/mol. The predicted octanol–water partition coefficient (Wildman–Crippen LogP) is 2.68. The zero-order valence-corrected chi connectivity index (χ0v) is 14.1. The second-order valence-corrected chi connectivity index (χ2v) is 5.83. The van der Waals surface area contributed by atoms with Crippen molar-refractivity contribution in [3.05, 3.63) is 71.6 Å². The molecule has 0 spiro atoms. The van der Waals surface area contributed by atoms with Gasteiger partial charge < -0.3 is 9.15 Å². The van der Waals surface area contributed by atoms with Gasteiger partial charge in [0.2, 0.25) is 5.89 Å². The fourth-order valence-corrected chi connectivity index (χ4v) is 2.83. The van der Waals surface area contributed by atoms with E-state index < -0.39 is 5.97 Å². The van der Waals surface area contributed by atoms with Crippen molar-refractivity contribution >= 4 is 35.0 Å². The fourth-order valence-electron chi connectivity index (χ4n) is 2.83. The van der Waals surface area contributed by atoms with Crippen LogP contribution in [0.1, 0.15) is 26.6 Å². The van der Waals surface area contributed by atoms with Crippen molar-refractivity contribution in [2.45, 2.75) is 0 Å². The number of oxazole rings is 1. The molecule has 0 N–H and O–H groups in total. The molecule has 0 bridgehead atoms. The highest BCUT2D eigenvalue weighted by molar-refractivity contribution is 6.21. The molecule has 1 aliphatic heterocycles. The van der Waals surface area contributed by atoms with Crippen LogP contribution in [0.15, 0.2) is 59.0 Å². The number of hydrogen-bond acceptors (Lipinski definition) is 6. The van der Waals surface area contributed by atoms with E-state index in [0.29, 0.717) is 22.2 Å². The van der Waals surface area contributed by atoms with Crippen molar-refractivity contribution in [2.24, 2.45) is 0 Å². The van der Waals surface area contributed by atoms with Gasteiger partial charge in [-0.2, -0.15) is 0 Å². The van der Waals surface area contributed by atoms with Crippen LogP contribution in [0.25, 0.3) is 17.2 Å². The molecule has 27 heavy (non-hydrogen) atoms. The Balaban J connectivity index is 1.32. The molecule has 0 aliphatic carbocycles. The predicted molar refractivity (Wildman–Crippen MR) is 95.8 cm³/mol. The molecule has 7 nitrogen and oxygen atoms in total. The summed E-state index contributed by atoms with van der Waals surface area (Å²) in [6, 6.07) is 13.8. The summed E-state index contributed by atoms with van der Waals surface area (Å²) in [4.78, 5) is 41.5. The fraction of sp³-hybridized carbons (Fsp3) is 0.100. The number of fused-ring (bicyclic) bond motifs is 2. The van der Waals surface area contributed by atoms with Gasteiger partial charge in [-0.25, -0.2) is 9.78 Å². The molecule has 0 atom stereocenters. The number of carbonyl (C=O) groups excluding carboxylic acids is 3. The molecule has 0 saturated carbocycles. The van der Waals surface area contributed by atoms with Crippen molar-refractivity contribution in [3.63, 3.8) is 0 Å². The number of nitrogens with zero attached hydrogens (tertiary/aromatic N) is 2. The van der Waals surface area contributed by atoms with Crippen LogP contribution in [0.3, 0.4) is 0 Å². The lowest BCUT2D eigenvalue weighted by Crippen LogP contribution is -2.33. The summed E-state index contributed by atoms with van der Waals surface area (Å²) in [6.45, 7) is -0.100. The van der Waals surface area contributed by atoms with Crippen LogP contribution in [-0.2, 0) is 9.53 Å². The molecule has 3 aromatic rings. The van der Waals surface area contributed by atoms with Crippen LogP contribution in [-0.4, -0.2) is 40.8 Å². The average molecular weight is 362 g/mol. The van der Waals surface area contributed by atoms with E-state index in [1.165, 1.54) is 12.2 Å². The van der Waals surface area contributed by atoms with E-state index in [-0.39, 0.29) is 30.9 Å². The Hall–Kier alpha value is -3.74. The zero-order valence-electron chi connectivity index (χ0n) is 14.1. The van der Waals surface area contributed by atoms with E-state index >= 15 is 0 Å². The maximum atomic E-state index is 12.2. The van der Waals surface area contributed by atoms with Gasteiger partial charge in [0.1, 0.15) is 12.1 Å². The number of esters is 1. The third-order valence-corrected chi connectivity index (χ3v) is 4.11. The minimum Gasteiger partial charge on any atom is -0.461 e. The first-order chi connectivity index (χ1) is 13.1. The summed E-state index contributed by atoms with van der Waals surface area (Å²) in [5.41, 5.74) is 2.04. The second kappa shape index (κ2) is 6.87. The third kappa shape index (κ3) is 3.22. The molecule has 1 aromatic heterocycles. The summed E-state index contributed by atoms with van der Waals surface area (Å²) in [5, 5.41) is 0. The number of carbonyl (C=O) groups is 3. The standard InChI is InChI=1S/C20H14N2O5/c23-18(10-9-17-21-15-7-3-4-8-16(15)27-17)26-12-11-22-19(24)13-5-1-2-6-14(13)20(22)25/h1-10H,11-12H2/b10-9+. The SMILES string of the molecule is O=C(/C=C/c1nc2ccccc2o1)OCCN1C(=O)c2ccccc2C1=O. The van der Waals surface area contributed by atoms with Crippen molar-refractivity contribution in [2.75, 3.05) is 13.2 Å². The summed E-state index contributed by atoms with van der Waals surface area (Å²) >= 11 is 0. The van der Waals surface area contributed by atoms with E-state index in [0.717, 1.165) is 4.90 Å². The van der Waals surface area contributed by atoms with Crippen LogP contribution < -0.4 is 0 Å². The molecule has 2 aromatic carbocycles. The van der Waals surface area contributed by atoms with Gasteiger partial charge >= 0.3 is 5.97 Å². The molecule has 0 radical (unpaired) electrons. The van der Waals surface area contributed by atoms with Gasteiger partial charge in [-0.15, -0.1) is 0 Å². The minimum absolute atomic E-state index is 0.00514. The van der Waals surface area contributed by atoms with Crippen LogP contribution in [0.2, 0.25) is 0 Å². The highest BCUT2D eigenvalue weighted by Crippen LogP contribution is 2.22. The number of rotatable bonds is 5. The van der Waals surface area contributed by atoms with Crippen LogP contribution in [0.4, 0.5) is 0 Å². The van der Waals surface area contributed by atoms with E-state index in [1.807, 2.05) is 12.1 Å². The largest absolute Gasteiger partial charge is 0.461 e. The quantitative estimate of drug-likeness (QED) is 0.394. The van der Waals surface area contributed by atoms with Crippen molar-refractivity contribution in [3.8, 4) is 0 Å². The number of imide groups is 1. The lowest BCUT2D eigenvalue weighted by atomic mass is 10.1. The summed E-state index contributed by atoms with van der Waals surface area (Å²) in [6.07, 6.45) is 2.59. The van der Waals surface area contributed by atoms with E-state index in [9.17, 15) is 14.4 Å². The Morgan fingerprint density at radius 3 is 2.41 bits per heavy atom. The smallest absolute Gasteiger partial charge is 0.331 e. The summed E-state index contributed by atoms with van der Waals surface area (Å²) < 4.78 is 10.5. The Kier molecular flexibility index (Phi) is 4.25. The van der Waals surface area contributed by atoms with Gasteiger partial charge in [-0.3, -0.25) is 14.5 Å². The Morgan fingerprint density at radius 1 is 1.04 bits per heavy atom. The molecular formula is C20H14N2O5. The first-order valence-corrected chi connectivity index (χ1v) is 8.29. The van der Waals surface area contributed by atoms with Gasteiger partial charge in [-0.05, 0) is 24.3 Å². The zero-order chi connectivity index (χ0) is 18.8. The molecule has 134 valence electrons. The van der Waals surface area contributed by atoms with Gasteiger partial charge in [0.25, 0.3) is 11.8 Å². The van der Waals surface area contributed by atoms with E-state index in [1.54, 1.807) is 36.4 Å². The summed E-state index contributed by atoms with van der Waals surface area (Å²) in [7, 11) is 0. The summed E-state index contributed by atoms with van der Waals surface area (Å²) in [5.74, 6) is -1.09. The number of aromatic nitrogens is 1. The number of benzene rings is 2. The van der Waals surface area contributed by atoms with E-state index in [2.05, 4.69) is 4.98 Å². The van der Waals surface area contributed by atoms with Crippen molar-refractivity contribution in [1.82, 2.24) is 9.88 Å². The lowest BCUT2D eigenvalue weighted by molar-refractivity contribution is -0.137. The molecule has 0 fully saturated rings. The normalized spacial score (nSPS) is 13.6. The molecule has 2 heterocycles. The third-order valence-electron chi connectivity index (χ3n) is 4.11. The van der Waals surface area contributed by atoms with Crippen LogP contribution in [0.5, 0.6) is 0 Å². The topological polar surface area (TPSA) is 89.7 Å². The number of ether oxygens (including phenoxy) is 1.